The van der Waals surface area contributed by atoms with Crippen LogP contribution in [0.3, 0.4) is 0 Å². The highest BCUT2D eigenvalue weighted by atomic mass is 16.5. The first-order valence-electron chi connectivity index (χ1n) is 7.13. The second kappa shape index (κ2) is 8.00. The summed E-state index contributed by atoms with van der Waals surface area (Å²) in [7, 11) is 0. The van der Waals surface area contributed by atoms with Crippen molar-refractivity contribution in [1.29, 1.82) is 0 Å². The highest BCUT2D eigenvalue weighted by Gasteiger charge is 2.16. The smallest absolute Gasteiger partial charge is 0.123 e. The first-order chi connectivity index (χ1) is 9.04. The van der Waals surface area contributed by atoms with Gasteiger partial charge in [0.15, 0.2) is 0 Å². The molecule has 1 N–H and O–H groups in total. The number of benzene rings is 1. The van der Waals surface area contributed by atoms with Crippen molar-refractivity contribution in [2.45, 2.75) is 46.3 Å². The van der Waals surface area contributed by atoms with E-state index >= 15 is 0 Å². The zero-order valence-corrected chi connectivity index (χ0v) is 12.6. The zero-order valence-electron chi connectivity index (χ0n) is 12.6. The molecule has 0 aliphatic heterocycles. The summed E-state index contributed by atoms with van der Waals surface area (Å²) in [5, 5.41) is 3.45. The standard InChI is InChI=1S/C17H27NO/c1-6-9-15-10-7-8-11-16(15)19-17(13(2)3)12-18-14(4)5/h6-8,10-11,13-14,17-18H,1,9,12H2,2-5H3. The van der Waals surface area contributed by atoms with Crippen LogP contribution in [-0.4, -0.2) is 18.7 Å². The quantitative estimate of drug-likeness (QED) is 0.718. The number of nitrogens with one attached hydrogen (secondary N) is 1. The van der Waals surface area contributed by atoms with Gasteiger partial charge in [-0.05, 0) is 24.0 Å². The Morgan fingerprint density at radius 3 is 2.47 bits per heavy atom. The Labute approximate surface area is 117 Å². The molecule has 1 rings (SSSR count). The summed E-state index contributed by atoms with van der Waals surface area (Å²) in [5.41, 5.74) is 1.20. The van der Waals surface area contributed by atoms with Gasteiger partial charge in [-0.15, -0.1) is 6.58 Å². The molecule has 0 aliphatic rings. The SMILES string of the molecule is C=CCc1ccccc1OC(CNC(C)C)C(C)C. The number of allylic oxidation sites excluding steroid dienone is 1. The molecule has 0 fully saturated rings. The fourth-order valence-corrected chi connectivity index (χ4v) is 1.87. The molecule has 1 atom stereocenters. The van der Waals surface area contributed by atoms with Gasteiger partial charge in [0.25, 0.3) is 0 Å². The van der Waals surface area contributed by atoms with Gasteiger partial charge < -0.3 is 10.1 Å². The summed E-state index contributed by atoms with van der Waals surface area (Å²) >= 11 is 0. The predicted octanol–water partition coefficient (Wildman–Crippen LogP) is 3.82. The maximum absolute atomic E-state index is 6.20. The van der Waals surface area contributed by atoms with Crippen LogP contribution in [0.1, 0.15) is 33.3 Å². The second-order valence-corrected chi connectivity index (χ2v) is 5.56. The summed E-state index contributed by atoms with van der Waals surface area (Å²) in [6.07, 6.45) is 2.95. The Bertz CT molecular complexity index is 385. The zero-order chi connectivity index (χ0) is 14.3. The van der Waals surface area contributed by atoms with Crippen molar-refractivity contribution in [1.82, 2.24) is 5.32 Å². The minimum absolute atomic E-state index is 0.188. The molecule has 0 bridgehead atoms. The van der Waals surface area contributed by atoms with Crippen molar-refractivity contribution in [3.63, 3.8) is 0 Å². The Morgan fingerprint density at radius 1 is 1.21 bits per heavy atom. The Kier molecular flexibility index (Phi) is 6.65. The molecule has 1 aromatic rings. The predicted molar refractivity (Wildman–Crippen MR) is 82.7 cm³/mol. The minimum Gasteiger partial charge on any atom is -0.489 e. The van der Waals surface area contributed by atoms with Crippen LogP contribution in [0.4, 0.5) is 0 Å². The van der Waals surface area contributed by atoms with E-state index in [0.29, 0.717) is 12.0 Å². The molecule has 0 heterocycles. The van der Waals surface area contributed by atoms with Crippen LogP contribution in [-0.2, 0) is 6.42 Å². The van der Waals surface area contributed by atoms with Crippen molar-refractivity contribution >= 4 is 0 Å². The van der Waals surface area contributed by atoms with Crippen molar-refractivity contribution < 1.29 is 4.74 Å². The van der Waals surface area contributed by atoms with Gasteiger partial charge in [-0.1, -0.05) is 52.0 Å². The summed E-state index contributed by atoms with van der Waals surface area (Å²) in [6, 6.07) is 8.69. The largest absolute Gasteiger partial charge is 0.489 e. The summed E-state index contributed by atoms with van der Waals surface area (Å²) in [5.74, 6) is 1.45. The molecule has 0 saturated carbocycles. The Morgan fingerprint density at radius 2 is 1.89 bits per heavy atom. The first-order valence-corrected chi connectivity index (χ1v) is 7.13. The Hall–Kier alpha value is -1.28. The van der Waals surface area contributed by atoms with Crippen LogP contribution in [0.2, 0.25) is 0 Å². The molecule has 0 aromatic heterocycles. The number of ether oxygens (including phenoxy) is 1. The lowest BCUT2D eigenvalue weighted by Crippen LogP contribution is -2.38. The third-order valence-corrected chi connectivity index (χ3v) is 3.09. The number of hydrogen-bond acceptors (Lipinski definition) is 2. The highest BCUT2D eigenvalue weighted by molar-refractivity contribution is 5.34. The van der Waals surface area contributed by atoms with E-state index in [-0.39, 0.29) is 6.10 Å². The molecule has 1 unspecified atom stereocenters. The maximum Gasteiger partial charge on any atom is 0.123 e. The molecular formula is C17H27NO. The van der Waals surface area contributed by atoms with E-state index in [1.165, 1.54) is 5.56 Å². The van der Waals surface area contributed by atoms with Crippen LogP contribution in [0, 0.1) is 5.92 Å². The lowest BCUT2D eigenvalue weighted by Gasteiger charge is -2.25. The van der Waals surface area contributed by atoms with E-state index in [1.54, 1.807) is 0 Å². The van der Waals surface area contributed by atoms with Crippen molar-refractivity contribution in [3.8, 4) is 5.75 Å². The molecule has 0 saturated heterocycles. The number of rotatable bonds is 8. The third kappa shape index (κ3) is 5.48. The van der Waals surface area contributed by atoms with Gasteiger partial charge in [-0.2, -0.15) is 0 Å². The second-order valence-electron chi connectivity index (χ2n) is 5.56. The van der Waals surface area contributed by atoms with Gasteiger partial charge in [0.1, 0.15) is 11.9 Å². The van der Waals surface area contributed by atoms with Crippen molar-refractivity contribution in [2.24, 2.45) is 5.92 Å². The van der Waals surface area contributed by atoms with E-state index in [1.807, 2.05) is 24.3 Å². The minimum atomic E-state index is 0.188. The van der Waals surface area contributed by atoms with E-state index in [9.17, 15) is 0 Å². The monoisotopic (exact) mass is 261 g/mol. The highest BCUT2D eigenvalue weighted by Crippen LogP contribution is 2.22. The van der Waals surface area contributed by atoms with Crippen LogP contribution in [0.25, 0.3) is 0 Å². The average Bonchev–Trinajstić information content (AvgIpc) is 2.36. The lowest BCUT2D eigenvalue weighted by atomic mass is 10.1. The molecule has 0 radical (unpaired) electrons. The van der Waals surface area contributed by atoms with Crippen molar-refractivity contribution in [3.05, 3.63) is 42.5 Å². The summed E-state index contributed by atoms with van der Waals surface area (Å²) in [4.78, 5) is 0. The van der Waals surface area contributed by atoms with Gasteiger partial charge >= 0.3 is 0 Å². The van der Waals surface area contributed by atoms with Gasteiger partial charge in [-0.3, -0.25) is 0 Å². The lowest BCUT2D eigenvalue weighted by molar-refractivity contribution is 0.145. The molecule has 1 aromatic carbocycles. The van der Waals surface area contributed by atoms with Crippen LogP contribution < -0.4 is 10.1 Å². The van der Waals surface area contributed by atoms with Gasteiger partial charge in [-0.25, -0.2) is 0 Å². The Balaban J connectivity index is 2.75. The van der Waals surface area contributed by atoms with Gasteiger partial charge in [0.05, 0.1) is 0 Å². The average molecular weight is 261 g/mol. The number of para-hydroxylation sites is 1. The van der Waals surface area contributed by atoms with Crippen LogP contribution in [0.5, 0.6) is 5.75 Å². The van der Waals surface area contributed by atoms with E-state index in [2.05, 4.69) is 45.7 Å². The molecular weight excluding hydrogens is 234 g/mol. The molecule has 0 amide bonds. The molecule has 19 heavy (non-hydrogen) atoms. The molecule has 2 heteroatoms. The molecule has 2 nitrogen and oxygen atoms in total. The van der Waals surface area contributed by atoms with Crippen molar-refractivity contribution in [2.75, 3.05) is 6.54 Å². The van der Waals surface area contributed by atoms with Crippen LogP contribution in [0.15, 0.2) is 36.9 Å². The van der Waals surface area contributed by atoms with E-state index in [0.717, 1.165) is 18.7 Å². The molecule has 106 valence electrons. The normalized spacial score (nSPS) is 12.7. The summed E-state index contributed by atoms with van der Waals surface area (Å²) in [6.45, 7) is 13.4. The number of hydrogen-bond donors (Lipinski definition) is 1. The fraction of sp³-hybridized carbons (Fsp3) is 0.529. The third-order valence-electron chi connectivity index (χ3n) is 3.09. The van der Waals surface area contributed by atoms with Gasteiger partial charge in [0.2, 0.25) is 0 Å². The molecule has 0 aliphatic carbocycles. The summed E-state index contributed by atoms with van der Waals surface area (Å²) < 4.78 is 6.20. The van der Waals surface area contributed by atoms with E-state index in [4.69, 9.17) is 4.74 Å². The topological polar surface area (TPSA) is 21.3 Å². The van der Waals surface area contributed by atoms with E-state index < -0.39 is 0 Å². The van der Waals surface area contributed by atoms with Gasteiger partial charge in [0, 0.05) is 12.6 Å². The fourth-order valence-electron chi connectivity index (χ4n) is 1.87. The maximum atomic E-state index is 6.20. The molecule has 0 spiro atoms. The first kappa shape index (κ1) is 15.8. The van der Waals surface area contributed by atoms with Crippen LogP contribution >= 0.6 is 0 Å².